The molecule has 0 aliphatic carbocycles. The molecule has 0 radical (unpaired) electrons. The summed E-state index contributed by atoms with van der Waals surface area (Å²) in [4.78, 5) is 0. The zero-order chi connectivity index (χ0) is 19.8. The molecule has 0 bridgehead atoms. The molecule has 0 saturated heterocycles. The van der Waals surface area contributed by atoms with Crippen molar-refractivity contribution < 1.29 is 18.6 Å². The summed E-state index contributed by atoms with van der Waals surface area (Å²) >= 11 is 3.49. The molecule has 0 amide bonds. The van der Waals surface area contributed by atoms with E-state index in [1.54, 1.807) is 24.3 Å². The van der Waals surface area contributed by atoms with Gasteiger partial charge in [0.25, 0.3) is 0 Å². The number of alkyl halides is 1. The first-order valence-electron chi connectivity index (χ1n) is 8.79. The van der Waals surface area contributed by atoms with E-state index in [4.69, 9.17) is 19.9 Å². The molecule has 1 atom stereocenters. The Bertz CT molecular complexity index is 875. The molecule has 3 aromatic carbocycles. The van der Waals surface area contributed by atoms with Gasteiger partial charge in [-0.05, 0) is 51.3 Å². The van der Waals surface area contributed by atoms with E-state index in [9.17, 15) is 4.39 Å². The molecular weight excluding hydrogens is 425 g/mol. The van der Waals surface area contributed by atoms with Gasteiger partial charge in [0.2, 0.25) is 6.86 Å². The van der Waals surface area contributed by atoms with E-state index < -0.39 is 6.86 Å². The summed E-state index contributed by atoms with van der Waals surface area (Å²) in [7, 11) is 0. The summed E-state index contributed by atoms with van der Waals surface area (Å²) in [5.41, 5.74) is 8.17. The Kier molecular flexibility index (Phi) is 7.28. The number of nitrogens with two attached hydrogens (primary N) is 1. The van der Waals surface area contributed by atoms with Gasteiger partial charge in [-0.15, -0.1) is 0 Å². The number of hydrogen-bond donors (Lipinski definition) is 1. The lowest BCUT2D eigenvalue weighted by molar-refractivity contribution is 0.191. The zero-order valence-electron chi connectivity index (χ0n) is 15.2. The molecule has 0 unspecified atom stereocenters. The third kappa shape index (κ3) is 5.71. The molecule has 0 aliphatic heterocycles. The van der Waals surface area contributed by atoms with Crippen molar-refractivity contribution in [1.82, 2.24) is 0 Å². The quantitative estimate of drug-likeness (QED) is 0.478. The number of benzene rings is 3. The van der Waals surface area contributed by atoms with Gasteiger partial charge in [0.1, 0.15) is 30.5 Å². The minimum atomic E-state index is -0.856. The second-order valence-corrected chi connectivity index (χ2v) is 6.96. The van der Waals surface area contributed by atoms with Crippen molar-refractivity contribution in [1.29, 1.82) is 0 Å². The van der Waals surface area contributed by atoms with Crippen LogP contribution in [0.1, 0.15) is 17.2 Å². The van der Waals surface area contributed by atoms with Gasteiger partial charge in [0.05, 0.1) is 10.5 Å². The Morgan fingerprint density at radius 3 is 2.29 bits per heavy atom. The van der Waals surface area contributed by atoms with Gasteiger partial charge in [-0.2, -0.15) is 0 Å². The van der Waals surface area contributed by atoms with E-state index in [1.807, 2.05) is 48.5 Å². The van der Waals surface area contributed by atoms with E-state index in [0.717, 1.165) is 15.6 Å². The molecule has 0 fully saturated rings. The second kappa shape index (κ2) is 10.1. The number of ether oxygens (including phenoxy) is 3. The van der Waals surface area contributed by atoms with Gasteiger partial charge in [-0.3, -0.25) is 0 Å². The molecule has 3 rings (SSSR count). The van der Waals surface area contributed by atoms with Gasteiger partial charge in [0, 0.05) is 6.07 Å². The van der Waals surface area contributed by atoms with Gasteiger partial charge in [0.15, 0.2) is 0 Å². The van der Waals surface area contributed by atoms with Crippen LogP contribution in [0.5, 0.6) is 17.2 Å². The van der Waals surface area contributed by atoms with Crippen molar-refractivity contribution in [2.24, 2.45) is 5.73 Å². The maximum Gasteiger partial charge on any atom is 0.228 e. The van der Waals surface area contributed by atoms with Crippen molar-refractivity contribution >= 4 is 15.9 Å². The molecule has 4 nitrogen and oxygen atoms in total. The van der Waals surface area contributed by atoms with Gasteiger partial charge >= 0.3 is 0 Å². The molecule has 0 aliphatic rings. The molecule has 0 spiro atoms. The normalized spacial score (nSPS) is 11.7. The lowest BCUT2D eigenvalue weighted by Crippen LogP contribution is -2.19. The molecule has 3 aromatic rings. The third-order valence-corrected chi connectivity index (χ3v) is 4.75. The Labute approximate surface area is 172 Å². The molecule has 146 valence electrons. The van der Waals surface area contributed by atoms with Crippen molar-refractivity contribution in [2.75, 3.05) is 13.5 Å². The summed E-state index contributed by atoms with van der Waals surface area (Å²) in [5.74, 6) is 1.83. The summed E-state index contributed by atoms with van der Waals surface area (Å²) < 4.78 is 29.5. The van der Waals surface area contributed by atoms with E-state index in [-0.39, 0.29) is 12.6 Å². The SMILES string of the molecule is N[C@@H](COc1cc(OCc2ccccc2)ccc1Br)c1ccc(OCF)cc1. The number of halogens is 2. The van der Waals surface area contributed by atoms with Crippen molar-refractivity contribution in [2.45, 2.75) is 12.6 Å². The summed E-state index contributed by atoms with van der Waals surface area (Å²) in [6, 6.07) is 22.2. The van der Waals surface area contributed by atoms with Crippen LogP contribution in [0.4, 0.5) is 4.39 Å². The molecule has 28 heavy (non-hydrogen) atoms. The van der Waals surface area contributed by atoms with Crippen LogP contribution in [0.15, 0.2) is 77.3 Å². The highest BCUT2D eigenvalue weighted by Gasteiger charge is 2.10. The highest BCUT2D eigenvalue weighted by atomic mass is 79.9. The summed E-state index contributed by atoms with van der Waals surface area (Å²) in [5, 5.41) is 0. The monoisotopic (exact) mass is 445 g/mol. The highest BCUT2D eigenvalue weighted by molar-refractivity contribution is 9.10. The Hall–Kier alpha value is -2.57. The maximum atomic E-state index is 12.2. The van der Waals surface area contributed by atoms with Crippen LogP contribution in [0.2, 0.25) is 0 Å². The highest BCUT2D eigenvalue weighted by Crippen LogP contribution is 2.30. The fourth-order valence-electron chi connectivity index (χ4n) is 2.58. The van der Waals surface area contributed by atoms with Gasteiger partial charge < -0.3 is 19.9 Å². The van der Waals surface area contributed by atoms with Crippen LogP contribution in [-0.4, -0.2) is 13.5 Å². The number of rotatable bonds is 9. The van der Waals surface area contributed by atoms with Crippen LogP contribution < -0.4 is 19.9 Å². The van der Waals surface area contributed by atoms with E-state index >= 15 is 0 Å². The van der Waals surface area contributed by atoms with E-state index in [2.05, 4.69) is 15.9 Å². The zero-order valence-corrected chi connectivity index (χ0v) is 16.8. The summed E-state index contributed by atoms with van der Waals surface area (Å²) in [6.45, 7) is -0.0933. The standard InChI is InChI=1S/C22H21BrFNO3/c23-20-11-10-19(26-13-16-4-2-1-3-5-16)12-22(20)27-14-21(25)17-6-8-18(9-7-17)28-15-24/h1-12,21H,13-15,25H2/t21-/m0/s1. The maximum absolute atomic E-state index is 12.2. The topological polar surface area (TPSA) is 53.7 Å². The van der Waals surface area contributed by atoms with Gasteiger partial charge in [-0.25, -0.2) is 4.39 Å². The van der Waals surface area contributed by atoms with Crippen molar-refractivity contribution in [3.8, 4) is 17.2 Å². The second-order valence-electron chi connectivity index (χ2n) is 6.11. The van der Waals surface area contributed by atoms with Crippen LogP contribution in [0.3, 0.4) is 0 Å². The summed E-state index contributed by atoms with van der Waals surface area (Å²) in [6.07, 6.45) is 0. The minimum Gasteiger partial charge on any atom is -0.490 e. The van der Waals surface area contributed by atoms with Gasteiger partial charge in [-0.1, -0.05) is 42.5 Å². The minimum absolute atomic E-state index is 0.282. The van der Waals surface area contributed by atoms with Crippen molar-refractivity contribution in [3.63, 3.8) is 0 Å². The average molecular weight is 446 g/mol. The molecular formula is C22H21BrFNO3. The lowest BCUT2D eigenvalue weighted by Gasteiger charge is -2.16. The van der Waals surface area contributed by atoms with E-state index in [0.29, 0.717) is 23.9 Å². The molecule has 0 saturated carbocycles. The first-order valence-corrected chi connectivity index (χ1v) is 9.58. The fraction of sp³-hybridized carbons (Fsp3) is 0.182. The Morgan fingerprint density at radius 1 is 0.857 bits per heavy atom. The fourth-order valence-corrected chi connectivity index (χ4v) is 2.94. The first-order chi connectivity index (χ1) is 13.7. The molecule has 0 aromatic heterocycles. The molecule has 0 heterocycles. The molecule has 2 N–H and O–H groups in total. The Morgan fingerprint density at radius 2 is 1.57 bits per heavy atom. The first kappa shape index (κ1) is 20.2. The largest absolute Gasteiger partial charge is 0.490 e. The van der Waals surface area contributed by atoms with Crippen molar-refractivity contribution in [3.05, 3.63) is 88.4 Å². The van der Waals surface area contributed by atoms with E-state index in [1.165, 1.54) is 0 Å². The van der Waals surface area contributed by atoms with Crippen LogP contribution in [-0.2, 0) is 6.61 Å². The van der Waals surface area contributed by atoms with Crippen LogP contribution >= 0.6 is 15.9 Å². The average Bonchev–Trinajstić information content (AvgIpc) is 2.73. The number of hydrogen-bond acceptors (Lipinski definition) is 4. The predicted molar refractivity (Wildman–Crippen MR) is 110 cm³/mol. The molecule has 6 heteroatoms. The third-order valence-electron chi connectivity index (χ3n) is 4.10. The lowest BCUT2D eigenvalue weighted by atomic mass is 10.1. The van der Waals surface area contributed by atoms with Crippen LogP contribution in [0.25, 0.3) is 0 Å². The van der Waals surface area contributed by atoms with Crippen LogP contribution in [0, 0.1) is 0 Å². The smallest absolute Gasteiger partial charge is 0.228 e. The Balaban J connectivity index is 1.58. The predicted octanol–water partition coefficient (Wildman–Crippen LogP) is 5.41.